The molecule has 0 atom stereocenters. The van der Waals surface area contributed by atoms with E-state index in [0.717, 1.165) is 12.8 Å². The molecule has 2 aliphatic carbocycles. The monoisotopic (exact) mass is 413 g/mol. The molecule has 0 spiro atoms. The maximum Gasteiger partial charge on any atom is 0.119 e. The molecule has 2 aromatic rings. The van der Waals surface area contributed by atoms with E-state index in [2.05, 4.69) is 84.5 Å². The summed E-state index contributed by atoms with van der Waals surface area (Å²) >= 11 is 0. The van der Waals surface area contributed by atoms with Crippen LogP contribution in [0.15, 0.2) is 47.5 Å². The highest BCUT2D eigenvalue weighted by Crippen LogP contribution is 2.43. The van der Waals surface area contributed by atoms with Crippen molar-refractivity contribution >= 4 is 19.2 Å². The Hall–Kier alpha value is -1.86. The van der Waals surface area contributed by atoms with Crippen LogP contribution in [0.3, 0.4) is 0 Å². The summed E-state index contributed by atoms with van der Waals surface area (Å²) in [6.07, 6.45) is 4.63. The van der Waals surface area contributed by atoms with Gasteiger partial charge in [0.25, 0.3) is 0 Å². The van der Waals surface area contributed by atoms with E-state index in [0.29, 0.717) is 11.8 Å². The Kier molecular flexibility index (Phi) is 5.94. The number of rotatable bonds is 6. The maximum atomic E-state index is 2.55. The Bertz CT molecular complexity index is 949. The highest BCUT2D eigenvalue weighted by Gasteiger charge is 2.31. The molecule has 2 aliphatic rings. The molecule has 0 aliphatic heterocycles. The molecular formula is C29H37Si. The first-order valence-corrected chi connectivity index (χ1v) is 13.7. The lowest BCUT2D eigenvalue weighted by atomic mass is 9.99. The quantitative estimate of drug-likeness (QED) is 0.427. The van der Waals surface area contributed by atoms with Crippen molar-refractivity contribution in [2.45, 2.75) is 73.8 Å². The molecule has 0 bridgehead atoms. The number of allylic oxidation sites excluding steroid dienone is 2. The Balaban J connectivity index is 1.73. The summed E-state index contributed by atoms with van der Waals surface area (Å²) in [7, 11) is -0.796. The van der Waals surface area contributed by atoms with Gasteiger partial charge < -0.3 is 0 Å². The first-order chi connectivity index (χ1) is 14.2. The lowest BCUT2D eigenvalue weighted by Gasteiger charge is -2.20. The molecular weight excluding hydrogens is 376 g/mol. The van der Waals surface area contributed by atoms with Crippen LogP contribution in [0.25, 0.3) is 10.4 Å². The third kappa shape index (κ3) is 4.01. The first-order valence-electron chi connectivity index (χ1n) is 11.7. The van der Waals surface area contributed by atoms with Crippen molar-refractivity contribution in [2.75, 3.05) is 0 Å². The van der Waals surface area contributed by atoms with E-state index in [-0.39, 0.29) is 0 Å². The van der Waals surface area contributed by atoms with Crippen LogP contribution in [0.1, 0.15) is 74.9 Å². The second kappa shape index (κ2) is 8.34. The van der Waals surface area contributed by atoms with Crippen molar-refractivity contribution in [1.29, 1.82) is 0 Å². The third-order valence-electron chi connectivity index (χ3n) is 6.69. The van der Waals surface area contributed by atoms with Crippen LogP contribution in [0.5, 0.6) is 0 Å². The molecule has 157 valence electrons. The third-order valence-corrected chi connectivity index (χ3v) is 9.58. The van der Waals surface area contributed by atoms with E-state index >= 15 is 0 Å². The van der Waals surface area contributed by atoms with Crippen LogP contribution in [-0.2, 0) is 25.7 Å². The molecule has 0 nitrogen and oxygen atoms in total. The molecule has 30 heavy (non-hydrogen) atoms. The van der Waals surface area contributed by atoms with Crippen molar-refractivity contribution in [2.24, 2.45) is 11.8 Å². The molecule has 0 N–H and O–H groups in total. The number of benzene rings is 2. The number of fused-ring (bicyclic) bond motifs is 2. The molecule has 0 saturated heterocycles. The summed E-state index contributed by atoms with van der Waals surface area (Å²) in [6.45, 7) is 16.6. The van der Waals surface area contributed by atoms with Crippen LogP contribution in [0.4, 0.5) is 0 Å². The normalized spacial score (nSPS) is 15.8. The minimum atomic E-state index is -0.796. The molecule has 2 aromatic carbocycles. The van der Waals surface area contributed by atoms with E-state index in [1.54, 1.807) is 43.8 Å². The van der Waals surface area contributed by atoms with Crippen LogP contribution < -0.4 is 0 Å². The van der Waals surface area contributed by atoms with Crippen LogP contribution in [-0.4, -0.2) is 8.80 Å². The largest absolute Gasteiger partial charge is 0.119 e. The lowest BCUT2D eigenvalue weighted by Crippen LogP contribution is -2.15. The highest BCUT2D eigenvalue weighted by molar-refractivity contribution is 6.94. The fraction of sp³-hybridized carbons (Fsp3) is 0.448. The molecule has 0 unspecified atom stereocenters. The van der Waals surface area contributed by atoms with Crippen LogP contribution >= 0.6 is 0 Å². The number of hydrogen-bond donors (Lipinski definition) is 0. The Morgan fingerprint density at radius 1 is 0.700 bits per heavy atom. The highest BCUT2D eigenvalue weighted by atomic mass is 28.3. The summed E-state index contributed by atoms with van der Waals surface area (Å²) < 4.78 is 0. The Labute approximate surface area is 185 Å². The molecule has 0 fully saturated rings. The standard InChI is InChI=1S/C29H37Si/c1-18(2)12-22-8-10-24-14-20(5)28(26(24)16-22)30(7)29-21(6)15-25-11-9-23(13-19(3)4)17-27(25)29/h8-11,16-19H,12-15H2,1-7H3. The van der Waals surface area contributed by atoms with Crippen LogP contribution in [0, 0.1) is 11.8 Å². The second-order valence-electron chi connectivity index (χ2n) is 10.5. The molecule has 1 radical (unpaired) electrons. The predicted octanol–water partition coefficient (Wildman–Crippen LogP) is 7.65. The van der Waals surface area contributed by atoms with Crippen LogP contribution in [0.2, 0.25) is 6.55 Å². The van der Waals surface area contributed by atoms with Gasteiger partial charge in [-0.2, -0.15) is 0 Å². The topological polar surface area (TPSA) is 0 Å². The molecule has 0 heterocycles. The molecule has 4 rings (SSSR count). The van der Waals surface area contributed by atoms with Gasteiger partial charge in [0, 0.05) is 0 Å². The predicted molar refractivity (Wildman–Crippen MR) is 134 cm³/mol. The van der Waals surface area contributed by atoms with Crippen molar-refractivity contribution in [3.05, 3.63) is 80.9 Å². The Morgan fingerprint density at radius 2 is 1.10 bits per heavy atom. The van der Waals surface area contributed by atoms with Gasteiger partial charge >= 0.3 is 0 Å². The second-order valence-corrected chi connectivity index (χ2v) is 12.7. The zero-order chi connectivity index (χ0) is 21.6. The van der Waals surface area contributed by atoms with Crippen molar-refractivity contribution < 1.29 is 0 Å². The lowest BCUT2D eigenvalue weighted by molar-refractivity contribution is 0.647. The van der Waals surface area contributed by atoms with Gasteiger partial charge in [0.05, 0.1) is 0 Å². The van der Waals surface area contributed by atoms with Gasteiger partial charge in [-0.1, -0.05) is 81.8 Å². The molecule has 1 heteroatoms. The first kappa shape index (κ1) is 21.4. The van der Waals surface area contributed by atoms with Gasteiger partial charge in [0.15, 0.2) is 0 Å². The number of hydrogen-bond acceptors (Lipinski definition) is 0. The van der Waals surface area contributed by atoms with E-state index in [4.69, 9.17) is 0 Å². The molecule has 0 saturated carbocycles. The smallest absolute Gasteiger partial charge is 0.0689 e. The van der Waals surface area contributed by atoms with E-state index in [1.807, 2.05) is 0 Å². The van der Waals surface area contributed by atoms with Gasteiger partial charge in [-0.25, -0.2) is 0 Å². The maximum absolute atomic E-state index is 2.55. The summed E-state index contributed by atoms with van der Waals surface area (Å²) in [5, 5.41) is 3.38. The summed E-state index contributed by atoms with van der Waals surface area (Å²) in [6, 6.07) is 14.6. The van der Waals surface area contributed by atoms with Gasteiger partial charge in [-0.15, -0.1) is 0 Å². The van der Waals surface area contributed by atoms with Gasteiger partial charge in [0.2, 0.25) is 0 Å². The van der Waals surface area contributed by atoms with Crippen molar-refractivity contribution in [3.8, 4) is 0 Å². The average molecular weight is 414 g/mol. The zero-order valence-electron chi connectivity index (χ0n) is 19.9. The minimum absolute atomic E-state index is 0.704. The fourth-order valence-corrected chi connectivity index (χ4v) is 8.58. The average Bonchev–Trinajstić information content (AvgIpc) is 3.15. The fourth-order valence-electron chi connectivity index (χ4n) is 5.59. The van der Waals surface area contributed by atoms with E-state index < -0.39 is 8.80 Å². The SMILES string of the molecule is CC1=C([Si](C)C2=C(C)Cc3ccc(CC(C)C)cc32)c2cc(CC(C)C)ccc2C1. The van der Waals surface area contributed by atoms with Gasteiger partial charge in [0.1, 0.15) is 8.80 Å². The Morgan fingerprint density at radius 3 is 1.47 bits per heavy atom. The summed E-state index contributed by atoms with van der Waals surface area (Å²) in [5.74, 6) is 1.41. The van der Waals surface area contributed by atoms with Crippen molar-refractivity contribution in [3.63, 3.8) is 0 Å². The van der Waals surface area contributed by atoms with E-state index in [1.165, 1.54) is 24.0 Å². The summed E-state index contributed by atoms with van der Waals surface area (Å²) in [4.78, 5) is 0. The van der Waals surface area contributed by atoms with Crippen molar-refractivity contribution in [1.82, 2.24) is 0 Å². The summed E-state index contributed by atoms with van der Waals surface area (Å²) in [5.41, 5.74) is 12.4. The molecule has 0 amide bonds. The zero-order valence-corrected chi connectivity index (χ0v) is 20.9. The van der Waals surface area contributed by atoms with Gasteiger partial charge in [-0.05, 0) is 95.1 Å². The minimum Gasteiger partial charge on any atom is -0.0689 e. The van der Waals surface area contributed by atoms with Gasteiger partial charge in [-0.3, -0.25) is 0 Å². The molecule has 0 aromatic heterocycles. The van der Waals surface area contributed by atoms with E-state index in [9.17, 15) is 0 Å².